The smallest absolute Gasteiger partial charge is 0.256 e. The molecule has 0 unspecified atom stereocenters. The zero-order chi connectivity index (χ0) is 20.0. The first-order valence-corrected chi connectivity index (χ1v) is 9.76. The van der Waals surface area contributed by atoms with Crippen molar-refractivity contribution in [2.24, 2.45) is 0 Å². The summed E-state index contributed by atoms with van der Waals surface area (Å²) in [6.07, 6.45) is 3.98. The normalized spacial score (nSPS) is 14.5. The summed E-state index contributed by atoms with van der Waals surface area (Å²) in [5.41, 5.74) is 1.16. The molecule has 1 saturated heterocycles. The number of carbonyl (C=O) groups excluding carboxylic acids is 1. The molecule has 1 fully saturated rings. The van der Waals surface area contributed by atoms with Crippen LogP contribution in [0.3, 0.4) is 0 Å². The molecule has 3 heterocycles. The van der Waals surface area contributed by atoms with Crippen LogP contribution in [0.1, 0.15) is 19.3 Å². The van der Waals surface area contributed by atoms with Crippen molar-refractivity contribution in [1.29, 1.82) is 0 Å². The predicted molar refractivity (Wildman–Crippen MR) is 111 cm³/mol. The Kier molecular flexibility index (Phi) is 4.19. The number of fused-ring (bicyclic) bond motifs is 6. The van der Waals surface area contributed by atoms with E-state index in [4.69, 9.17) is 0 Å². The standard InChI is InChI=1S/C21H20FN5O2/c22-12-4-5-13-15(11-12)17-14(6-8-23-20(17)29)19-18(13)25-21(26-19)24-7-2-10-27-9-1-3-16(27)28/h4-6,8,11H,1-3,7,9-10H2,(H,23,29)(H2,24,25,26). The van der Waals surface area contributed by atoms with E-state index in [0.717, 1.165) is 36.8 Å². The number of hydrogen-bond donors (Lipinski definition) is 3. The first kappa shape index (κ1) is 17.7. The molecule has 0 aliphatic carbocycles. The van der Waals surface area contributed by atoms with Crippen LogP contribution >= 0.6 is 0 Å². The van der Waals surface area contributed by atoms with E-state index in [-0.39, 0.29) is 11.5 Å². The first-order valence-electron chi connectivity index (χ1n) is 9.76. The molecule has 7 nitrogen and oxygen atoms in total. The number of likely N-dealkylation sites (tertiary alicyclic amines) is 1. The summed E-state index contributed by atoms with van der Waals surface area (Å²) in [7, 11) is 0. The Balaban J connectivity index is 1.50. The third-order valence-electron chi connectivity index (χ3n) is 5.51. The second kappa shape index (κ2) is 6.88. The third-order valence-corrected chi connectivity index (χ3v) is 5.51. The maximum absolute atomic E-state index is 13.9. The van der Waals surface area contributed by atoms with Crippen molar-refractivity contribution >= 4 is 44.4 Å². The molecule has 5 rings (SSSR count). The Labute approximate surface area is 164 Å². The van der Waals surface area contributed by atoms with Gasteiger partial charge in [0, 0.05) is 48.4 Å². The summed E-state index contributed by atoms with van der Waals surface area (Å²) in [6.45, 7) is 2.23. The molecule has 8 heteroatoms. The van der Waals surface area contributed by atoms with E-state index in [1.807, 2.05) is 4.90 Å². The zero-order valence-electron chi connectivity index (χ0n) is 15.7. The fraction of sp³-hybridized carbons (Fsp3) is 0.286. The van der Waals surface area contributed by atoms with Crippen LogP contribution in [0.25, 0.3) is 32.6 Å². The third kappa shape index (κ3) is 3.00. The van der Waals surface area contributed by atoms with Gasteiger partial charge in [-0.2, -0.15) is 0 Å². The minimum Gasteiger partial charge on any atom is -0.356 e. The molecule has 3 N–H and O–H groups in total. The monoisotopic (exact) mass is 393 g/mol. The molecule has 148 valence electrons. The molecular weight excluding hydrogens is 373 g/mol. The van der Waals surface area contributed by atoms with Crippen LogP contribution in [-0.4, -0.2) is 45.4 Å². The summed E-state index contributed by atoms with van der Waals surface area (Å²) in [4.78, 5) is 36.6. The quantitative estimate of drug-likeness (QED) is 0.359. The van der Waals surface area contributed by atoms with Gasteiger partial charge in [0.15, 0.2) is 0 Å². The highest BCUT2D eigenvalue weighted by atomic mass is 19.1. The van der Waals surface area contributed by atoms with Gasteiger partial charge < -0.3 is 20.2 Å². The van der Waals surface area contributed by atoms with Crippen LogP contribution in [0.2, 0.25) is 0 Å². The number of rotatable bonds is 5. The van der Waals surface area contributed by atoms with Crippen LogP contribution in [0.4, 0.5) is 10.3 Å². The second-order valence-electron chi connectivity index (χ2n) is 7.36. The lowest BCUT2D eigenvalue weighted by atomic mass is 10.0. The molecule has 2 aromatic heterocycles. The molecule has 1 amide bonds. The minimum atomic E-state index is -0.393. The van der Waals surface area contributed by atoms with Crippen LogP contribution in [0, 0.1) is 5.82 Å². The summed E-state index contributed by atoms with van der Waals surface area (Å²) < 4.78 is 13.9. The van der Waals surface area contributed by atoms with Gasteiger partial charge >= 0.3 is 0 Å². The Morgan fingerprint density at radius 2 is 2.07 bits per heavy atom. The Morgan fingerprint density at radius 1 is 1.17 bits per heavy atom. The van der Waals surface area contributed by atoms with Crippen molar-refractivity contribution in [1.82, 2.24) is 19.9 Å². The average Bonchev–Trinajstić information content (AvgIpc) is 3.31. The second-order valence-corrected chi connectivity index (χ2v) is 7.36. The van der Waals surface area contributed by atoms with E-state index in [1.54, 1.807) is 18.3 Å². The maximum atomic E-state index is 13.9. The highest BCUT2D eigenvalue weighted by Gasteiger charge is 2.19. The predicted octanol–water partition coefficient (Wildman–Crippen LogP) is 3.12. The van der Waals surface area contributed by atoms with Gasteiger partial charge in [0.2, 0.25) is 11.9 Å². The average molecular weight is 393 g/mol. The number of imidazole rings is 1. The van der Waals surface area contributed by atoms with Crippen molar-refractivity contribution in [3.63, 3.8) is 0 Å². The number of aromatic amines is 2. The molecule has 0 radical (unpaired) electrons. The van der Waals surface area contributed by atoms with Crippen molar-refractivity contribution < 1.29 is 9.18 Å². The molecule has 0 saturated carbocycles. The van der Waals surface area contributed by atoms with Gasteiger partial charge in [-0.25, -0.2) is 9.37 Å². The van der Waals surface area contributed by atoms with Crippen molar-refractivity contribution in [2.45, 2.75) is 19.3 Å². The Morgan fingerprint density at radius 3 is 2.90 bits per heavy atom. The van der Waals surface area contributed by atoms with Gasteiger partial charge in [0.05, 0.1) is 16.4 Å². The fourth-order valence-corrected chi connectivity index (χ4v) is 4.15. The van der Waals surface area contributed by atoms with Gasteiger partial charge in [0.25, 0.3) is 5.56 Å². The van der Waals surface area contributed by atoms with E-state index in [2.05, 4.69) is 20.3 Å². The van der Waals surface area contributed by atoms with Crippen molar-refractivity contribution in [2.75, 3.05) is 25.0 Å². The van der Waals surface area contributed by atoms with Crippen LogP contribution in [0.15, 0.2) is 35.3 Å². The fourth-order valence-electron chi connectivity index (χ4n) is 4.15. The summed E-state index contributed by atoms with van der Waals surface area (Å²) in [6, 6.07) is 6.21. The molecule has 0 bridgehead atoms. The van der Waals surface area contributed by atoms with Crippen LogP contribution < -0.4 is 10.9 Å². The Bertz CT molecular complexity index is 1310. The van der Waals surface area contributed by atoms with E-state index in [9.17, 15) is 14.0 Å². The van der Waals surface area contributed by atoms with Crippen molar-refractivity contribution in [3.8, 4) is 0 Å². The lowest BCUT2D eigenvalue weighted by Gasteiger charge is -2.14. The number of nitrogens with one attached hydrogen (secondary N) is 3. The minimum absolute atomic E-state index is 0.226. The number of H-pyrrole nitrogens is 2. The van der Waals surface area contributed by atoms with E-state index < -0.39 is 5.82 Å². The number of amides is 1. The molecule has 0 spiro atoms. The van der Waals surface area contributed by atoms with E-state index in [0.29, 0.717) is 40.6 Å². The van der Waals surface area contributed by atoms with Gasteiger partial charge in [-0.3, -0.25) is 9.59 Å². The van der Waals surface area contributed by atoms with E-state index >= 15 is 0 Å². The summed E-state index contributed by atoms with van der Waals surface area (Å²) in [5, 5.41) is 5.67. The number of anilines is 1. The SMILES string of the molecule is O=C1CCCN1CCCNc1nc2c3cc[nH]c(=O)c3c3cc(F)ccc3c2[nH]1. The number of pyridine rings is 1. The highest BCUT2D eigenvalue weighted by molar-refractivity contribution is 6.23. The van der Waals surface area contributed by atoms with Gasteiger partial charge in [0.1, 0.15) is 5.82 Å². The first-order chi connectivity index (χ1) is 14.1. The summed E-state index contributed by atoms with van der Waals surface area (Å²) >= 11 is 0. The van der Waals surface area contributed by atoms with Crippen molar-refractivity contribution in [3.05, 3.63) is 46.6 Å². The van der Waals surface area contributed by atoms with Gasteiger partial charge in [-0.15, -0.1) is 0 Å². The topological polar surface area (TPSA) is 93.9 Å². The molecule has 29 heavy (non-hydrogen) atoms. The maximum Gasteiger partial charge on any atom is 0.256 e. The number of halogens is 1. The molecule has 0 atom stereocenters. The number of hydrogen-bond acceptors (Lipinski definition) is 4. The number of benzene rings is 2. The van der Waals surface area contributed by atoms with Crippen LogP contribution in [0.5, 0.6) is 0 Å². The summed E-state index contributed by atoms with van der Waals surface area (Å²) in [5.74, 6) is 0.422. The lowest BCUT2D eigenvalue weighted by molar-refractivity contribution is -0.127. The molecular formula is C21H20FN5O2. The van der Waals surface area contributed by atoms with Gasteiger partial charge in [-0.05, 0) is 37.1 Å². The molecule has 4 aromatic rings. The van der Waals surface area contributed by atoms with Gasteiger partial charge in [-0.1, -0.05) is 0 Å². The highest BCUT2D eigenvalue weighted by Crippen LogP contribution is 2.33. The molecule has 1 aliphatic rings. The number of carbonyl (C=O) groups is 1. The largest absolute Gasteiger partial charge is 0.356 e. The number of nitrogens with zero attached hydrogens (tertiary/aromatic N) is 2. The molecule has 1 aliphatic heterocycles. The van der Waals surface area contributed by atoms with Crippen LogP contribution in [-0.2, 0) is 4.79 Å². The lowest BCUT2D eigenvalue weighted by Crippen LogP contribution is -2.27. The van der Waals surface area contributed by atoms with E-state index in [1.165, 1.54) is 12.1 Å². The Hall–Kier alpha value is -3.42. The zero-order valence-corrected chi connectivity index (χ0v) is 15.7. The number of aromatic nitrogens is 3. The molecule has 2 aromatic carbocycles.